The monoisotopic (exact) mass is 349 g/mol. The summed E-state index contributed by atoms with van der Waals surface area (Å²) in [6, 6.07) is -1.19. The Morgan fingerprint density at radius 3 is 2.80 bits per heavy atom. The van der Waals surface area contributed by atoms with Crippen LogP contribution in [0, 0.1) is 5.92 Å². The third-order valence-corrected chi connectivity index (χ3v) is 5.65. The third kappa shape index (κ3) is 3.56. The number of carbonyl (C=O) groups is 3. The molecule has 25 heavy (non-hydrogen) atoms. The van der Waals surface area contributed by atoms with Gasteiger partial charge in [-0.1, -0.05) is 25.0 Å². The first-order valence-corrected chi connectivity index (χ1v) is 9.24. The summed E-state index contributed by atoms with van der Waals surface area (Å²) >= 11 is 0. The highest BCUT2D eigenvalue weighted by Crippen LogP contribution is 2.45. The van der Waals surface area contributed by atoms with Crippen molar-refractivity contribution < 1.29 is 19.5 Å². The van der Waals surface area contributed by atoms with E-state index in [0.29, 0.717) is 25.8 Å². The van der Waals surface area contributed by atoms with Gasteiger partial charge in [0.05, 0.1) is 6.04 Å². The highest BCUT2D eigenvalue weighted by molar-refractivity contribution is 5.95. The molecule has 0 aromatic heterocycles. The number of nitrogens with one attached hydrogen (secondary N) is 1. The summed E-state index contributed by atoms with van der Waals surface area (Å²) in [7, 11) is 0. The van der Waals surface area contributed by atoms with Crippen LogP contribution in [0.2, 0.25) is 0 Å². The van der Waals surface area contributed by atoms with Crippen molar-refractivity contribution in [1.29, 1.82) is 0 Å². The molecule has 0 spiro atoms. The molecule has 2 heterocycles. The first-order valence-electron chi connectivity index (χ1n) is 9.24. The molecule has 3 aliphatic rings. The normalized spacial score (nSPS) is 38.0. The summed E-state index contributed by atoms with van der Waals surface area (Å²) in [6.45, 7) is 0.508. The van der Waals surface area contributed by atoms with Gasteiger partial charge in [-0.05, 0) is 38.5 Å². The van der Waals surface area contributed by atoms with E-state index in [2.05, 4.69) is 5.32 Å². The van der Waals surface area contributed by atoms with Gasteiger partial charge in [0.2, 0.25) is 11.8 Å². The minimum Gasteiger partial charge on any atom is -0.479 e. The van der Waals surface area contributed by atoms with E-state index >= 15 is 0 Å². The van der Waals surface area contributed by atoms with Gasteiger partial charge in [0.15, 0.2) is 0 Å². The predicted molar refractivity (Wildman–Crippen MR) is 91.6 cm³/mol. The lowest BCUT2D eigenvalue weighted by Crippen LogP contribution is -2.55. The van der Waals surface area contributed by atoms with Crippen molar-refractivity contribution in [3.8, 4) is 0 Å². The number of allylic oxidation sites excluding steroid dienone is 1. The summed E-state index contributed by atoms with van der Waals surface area (Å²) < 4.78 is 0. The second-order valence-corrected chi connectivity index (χ2v) is 7.44. The second-order valence-electron chi connectivity index (χ2n) is 7.44. The average Bonchev–Trinajstić information content (AvgIpc) is 3.05. The highest BCUT2D eigenvalue weighted by atomic mass is 16.4. The molecule has 1 saturated carbocycles. The molecule has 4 atom stereocenters. The van der Waals surface area contributed by atoms with Crippen molar-refractivity contribution >= 4 is 17.8 Å². The van der Waals surface area contributed by atoms with Gasteiger partial charge in [-0.25, -0.2) is 4.79 Å². The molecule has 0 bridgehead atoms. The largest absolute Gasteiger partial charge is 0.479 e. The number of aliphatic carboxylic acids is 1. The summed E-state index contributed by atoms with van der Waals surface area (Å²) in [5.74, 6) is -1.74. The van der Waals surface area contributed by atoms with Crippen LogP contribution in [0.5, 0.6) is 0 Å². The fraction of sp³-hybridized carbons (Fsp3) is 0.722. The predicted octanol–water partition coefficient (Wildman–Crippen LogP) is 0.785. The van der Waals surface area contributed by atoms with Crippen LogP contribution < -0.4 is 11.1 Å². The summed E-state index contributed by atoms with van der Waals surface area (Å²) in [6.07, 6.45) is 9.97. The molecule has 3 rings (SSSR count). The Kier molecular flexibility index (Phi) is 5.13. The lowest BCUT2D eigenvalue weighted by Gasteiger charge is -2.28. The number of nitrogens with two attached hydrogens (primary N) is 1. The Morgan fingerprint density at radius 2 is 2.04 bits per heavy atom. The van der Waals surface area contributed by atoms with E-state index in [-0.39, 0.29) is 17.7 Å². The Morgan fingerprint density at radius 1 is 1.24 bits per heavy atom. The molecule has 2 amide bonds. The summed E-state index contributed by atoms with van der Waals surface area (Å²) in [5, 5.41) is 12.3. The number of fused-ring (bicyclic) bond motifs is 2. The number of nitrogens with zero attached hydrogens (tertiary/aromatic N) is 1. The first kappa shape index (κ1) is 17.9. The van der Waals surface area contributed by atoms with Crippen LogP contribution in [-0.4, -0.2) is 52.0 Å². The topological polar surface area (TPSA) is 113 Å². The molecule has 2 aliphatic heterocycles. The van der Waals surface area contributed by atoms with Gasteiger partial charge in [0, 0.05) is 12.5 Å². The molecule has 2 fully saturated rings. The van der Waals surface area contributed by atoms with Crippen LogP contribution in [0.1, 0.15) is 51.4 Å². The number of amides is 2. The van der Waals surface area contributed by atoms with E-state index in [4.69, 9.17) is 5.73 Å². The Bertz CT molecular complexity index is 591. The second kappa shape index (κ2) is 7.15. The van der Waals surface area contributed by atoms with E-state index < -0.39 is 23.6 Å². The molecule has 1 aliphatic carbocycles. The van der Waals surface area contributed by atoms with Gasteiger partial charge in [-0.3, -0.25) is 9.59 Å². The standard InChI is InChI=1S/C18H27N3O4/c19-13-8-5-3-1-2-4-7-12-11-18(12,17(24)25)20-15(22)14-9-6-10-21(14)16(13)23/h4,7,12-14H,1-3,5-6,8-11,19H2,(H,20,22)(H,24,25)/b7-4-/t12-,13+,14+,18-/m1/s1. The maximum atomic E-state index is 12.7. The lowest BCUT2D eigenvalue weighted by molar-refractivity contribution is -0.145. The zero-order chi connectivity index (χ0) is 18.0. The van der Waals surface area contributed by atoms with Crippen molar-refractivity contribution in [2.75, 3.05) is 6.54 Å². The molecule has 4 N–H and O–H groups in total. The Hall–Kier alpha value is -1.89. The van der Waals surface area contributed by atoms with Gasteiger partial charge >= 0.3 is 5.97 Å². The van der Waals surface area contributed by atoms with E-state index in [9.17, 15) is 19.5 Å². The minimum absolute atomic E-state index is 0.174. The number of hydrogen-bond acceptors (Lipinski definition) is 4. The summed E-state index contributed by atoms with van der Waals surface area (Å²) in [5.41, 5.74) is 4.82. The SMILES string of the molecule is N[C@H]1CCCCC/C=C\[C@@H]2C[C@@]2(C(=O)O)NC(=O)[C@@H]2CCCN2C1=O. The van der Waals surface area contributed by atoms with Gasteiger partial charge in [0.1, 0.15) is 11.6 Å². The Labute approximate surface area is 147 Å². The molecule has 0 radical (unpaired) electrons. The minimum atomic E-state index is -1.22. The first-order chi connectivity index (χ1) is 12.0. The molecule has 138 valence electrons. The zero-order valence-corrected chi connectivity index (χ0v) is 14.4. The van der Waals surface area contributed by atoms with Crippen molar-refractivity contribution in [3.63, 3.8) is 0 Å². The highest BCUT2D eigenvalue weighted by Gasteiger charge is 2.61. The molecule has 0 aromatic rings. The van der Waals surface area contributed by atoms with Crippen LogP contribution in [0.4, 0.5) is 0 Å². The zero-order valence-electron chi connectivity index (χ0n) is 14.4. The molecule has 7 heteroatoms. The van der Waals surface area contributed by atoms with E-state index in [1.165, 1.54) is 0 Å². The summed E-state index contributed by atoms with van der Waals surface area (Å²) in [4.78, 5) is 38.6. The van der Waals surface area contributed by atoms with E-state index in [0.717, 1.165) is 32.1 Å². The molecular formula is C18H27N3O4. The van der Waals surface area contributed by atoms with Crippen LogP contribution in [0.15, 0.2) is 12.2 Å². The average molecular weight is 349 g/mol. The van der Waals surface area contributed by atoms with Crippen molar-refractivity contribution in [2.24, 2.45) is 11.7 Å². The fourth-order valence-corrected chi connectivity index (χ4v) is 3.97. The maximum Gasteiger partial charge on any atom is 0.330 e. The number of carboxylic acids is 1. The van der Waals surface area contributed by atoms with E-state index in [1.54, 1.807) is 4.90 Å². The maximum absolute atomic E-state index is 12.7. The van der Waals surface area contributed by atoms with Gasteiger partial charge < -0.3 is 21.1 Å². The van der Waals surface area contributed by atoms with Crippen molar-refractivity contribution in [2.45, 2.75) is 69.0 Å². The van der Waals surface area contributed by atoms with Crippen LogP contribution >= 0.6 is 0 Å². The smallest absolute Gasteiger partial charge is 0.330 e. The van der Waals surface area contributed by atoms with Crippen LogP contribution in [-0.2, 0) is 14.4 Å². The lowest BCUT2D eigenvalue weighted by atomic mass is 10.1. The number of carbonyl (C=O) groups excluding carboxylic acids is 2. The van der Waals surface area contributed by atoms with Gasteiger partial charge in [0.25, 0.3) is 0 Å². The quantitative estimate of drug-likeness (QED) is 0.606. The molecule has 1 saturated heterocycles. The van der Waals surface area contributed by atoms with Gasteiger partial charge in [-0.2, -0.15) is 0 Å². The van der Waals surface area contributed by atoms with Crippen molar-refractivity contribution in [3.05, 3.63) is 12.2 Å². The fourth-order valence-electron chi connectivity index (χ4n) is 3.97. The van der Waals surface area contributed by atoms with Crippen LogP contribution in [0.25, 0.3) is 0 Å². The van der Waals surface area contributed by atoms with Gasteiger partial charge in [-0.15, -0.1) is 0 Å². The molecule has 0 unspecified atom stereocenters. The third-order valence-electron chi connectivity index (χ3n) is 5.65. The number of rotatable bonds is 1. The molecule has 0 aromatic carbocycles. The van der Waals surface area contributed by atoms with E-state index in [1.807, 2.05) is 12.2 Å². The molecule has 7 nitrogen and oxygen atoms in total. The molecular weight excluding hydrogens is 322 g/mol. The Balaban J connectivity index is 1.80. The van der Waals surface area contributed by atoms with Crippen molar-refractivity contribution in [1.82, 2.24) is 10.2 Å². The van der Waals surface area contributed by atoms with Crippen LogP contribution in [0.3, 0.4) is 0 Å². The number of hydrogen-bond donors (Lipinski definition) is 3. The number of carboxylic acid groups (broad SMARTS) is 1.